The molecule has 1 rings (SSSR count). The van der Waals surface area contributed by atoms with Crippen LogP contribution in [0.25, 0.3) is 0 Å². The number of rotatable bonds is 6. The fraction of sp³-hybridized carbons (Fsp3) is 0.917. The largest absolute Gasteiger partial charge is 0.356 e. The topological polar surface area (TPSA) is 18.5 Å². The molecule has 1 saturated carbocycles. The van der Waals surface area contributed by atoms with Crippen LogP contribution in [-0.4, -0.2) is 20.5 Å². The van der Waals surface area contributed by atoms with Gasteiger partial charge in [-0.1, -0.05) is 19.3 Å². The van der Waals surface area contributed by atoms with Gasteiger partial charge in [0, 0.05) is 14.2 Å². The first kappa shape index (κ1) is 12.0. The lowest BCUT2D eigenvalue weighted by molar-refractivity contribution is -0.107. The molecule has 1 fully saturated rings. The molecule has 83 valence electrons. The fourth-order valence-corrected chi connectivity index (χ4v) is 2.15. The summed E-state index contributed by atoms with van der Waals surface area (Å²) in [4.78, 5) is 0. The maximum absolute atomic E-state index is 5.16. The number of methoxy groups -OCH3 is 2. The third-order valence-electron chi connectivity index (χ3n) is 3.06. The van der Waals surface area contributed by atoms with Crippen molar-refractivity contribution in [3.8, 4) is 0 Å². The van der Waals surface area contributed by atoms with Crippen LogP contribution < -0.4 is 0 Å². The second-order valence-corrected chi connectivity index (χ2v) is 4.10. The monoisotopic (exact) mass is 199 g/mol. The fourth-order valence-electron chi connectivity index (χ4n) is 2.15. The van der Waals surface area contributed by atoms with E-state index in [1.54, 1.807) is 20.1 Å². The highest BCUT2D eigenvalue weighted by Gasteiger charge is 2.14. The molecule has 0 saturated heterocycles. The van der Waals surface area contributed by atoms with E-state index in [2.05, 4.69) is 0 Å². The molecule has 0 aromatic heterocycles. The van der Waals surface area contributed by atoms with E-state index >= 15 is 0 Å². The van der Waals surface area contributed by atoms with Crippen LogP contribution in [0.15, 0.2) is 0 Å². The van der Waals surface area contributed by atoms with Gasteiger partial charge >= 0.3 is 0 Å². The van der Waals surface area contributed by atoms with Crippen molar-refractivity contribution in [2.75, 3.05) is 14.2 Å². The summed E-state index contributed by atoms with van der Waals surface area (Å²) in [6.07, 6.45) is 10.5. The molecular formula is C12H23O2. The van der Waals surface area contributed by atoms with Crippen molar-refractivity contribution in [1.82, 2.24) is 0 Å². The van der Waals surface area contributed by atoms with Crippen molar-refractivity contribution in [3.63, 3.8) is 0 Å². The van der Waals surface area contributed by atoms with Crippen LogP contribution in [0.3, 0.4) is 0 Å². The number of ether oxygens (including phenoxy) is 2. The van der Waals surface area contributed by atoms with Crippen molar-refractivity contribution in [2.45, 2.75) is 57.7 Å². The molecule has 0 atom stereocenters. The average Bonchev–Trinajstić information content (AvgIpc) is 2.26. The SMILES string of the molecule is COC(CCC[C]1CCCCC1)OC. The Kier molecular flexibility index (Phi) is 6.20. The van der Waals surface area contributed by atoms with Gasteiger partial charge in [0.15, 0.2) is 6.29 Å². The highest BCUT2D eigenvalue weighted by atomic mass is 16.7. The van der Waals surface area contributed by atoms with E-state index < -0.39 is 0 Å². The summed E-state index contributed by atoms with van der Waals surface area (Å²) < 4.78 is 10.3. The van der Waals surface area contributed by atoms with Crippen LogP contribution in [0.1, 0.15) is 51.4 Å². The minimum absolute atomic E-state index is 0.000749. The maximum Gasteiger partial charge on any atom is 0.156 e. The zero-order chi connectivity index (χ0) is 10.2. The number of hydrogen-bond acceptors (Lipinski definition) is 2. The van der Waals surface area contributed by atoms with Crippen molar-refractivity contribution in [1.29, 1.82) is 0 Å². The molecule has 0 spiro atoms. The van der Waals surface area contributed by atoms with Crippen LogP contribution >= 0.6 is 0 Å². The van der Waals surface area contributed by atoms with Gasteiger partial charge in [-0.25, -0.2) is 0 Å². The number of hydrogen-bond donors (Lipinski definition) is 0. The molecule has 0 aliphatic heterocycles. The molecule has 14 heavy (non-hydrogen) atoms. The molecule has 1 aliphatic carbocycles. The molecule has 0 bridgehead atoms. The Bertz CT molecular complexity index is 126. The van der Waals surface area contributed by atoms with Crippen LogP contribution in [-0.2, 0) is 9.47 Å². The zero-order valence-electron chi connectivity index (χ0n) is 9.55. The van der Waals surface area contributed by atoms with Crippen molar-refractivity contribution in [3.05, 3.63) is 5.92 Å². The van der Waals surface area contributed by atoms with Gasteiger partial charge in [-0.2, -0.15) is 0 Å². The molecule has 2 heteroatoms. The summed E-state index contributed by atoms with van der Waals surface area (Å²) >= 11 is 0. The van der Waals surface area contributed by atoms with Gasteiger partial charge in [0.05, 0.1) is 0 Å². The Balaban J connectivity index is 2.01. The van der Waals surface area contributed by atoms with E-state index in [1.807, 2.05) is 0 Å². The molecule has 0 aromatic carbocycles. The second kappa shape index (κ2) is 7.24. The van der Waals surface area contributed by atoms with Crippen LogP contribution in [0.2, 0.25) is 0 Å². The van der Waals surface area contributed by atoms with Crippen LogP contribution in [0.4, 0.5) is 0 Å². The first-order valence-corrected chi connectivity index (χ1v) is 5.76. The van der Waals surface area contributed by atoms with E-state index in [9.17, 15) is 0 Å². The Hall–Kier alpha value is -0.0800. The van der Waals surface area contributed by atoms with Crippen molar-refractivity contribution >= 4 is 0 Å². The highest BCUT2D eigenvalue weighted by molar-refractivity contribution is 4.91. The first-order valence-electron chi connectivity index (χ1n) is 5.76. The van der Waals surface area contributed by atoms with Crippen molar-refractivity contribution in [2.24, 2.45) is 0 Å². The van der Waals surface area contributed by atoms with Gasteiger partial charge in [0.2, 0.25) is 0 Å². The molecule has 2 nitrogen and oxygen atoms in total. The minimum atomic E-state index is -0.000749. The quantitative estimate of drug-likeness (QED) is 0.611. The lowest BCUT2D eigenvalue weighted by atomic mass is 9.86. The summed E-state index contributed by atoms with van der Waals surface area (Å²) in [6.45, 7) is 0. The molecule has 0 heterocycles. The summed E-state index contributed by atoms with van der Waals surface area (Å²) in [5.41, 5.74) is 0. The van der Waals surface area contributed by atoms with E-state index in [-0.39, 0.29) is 6.29 Å². The van der Waals surface area contributed by atoms with E-state index in [1.165, 1.54) is 44.9 Å². The zero-order valence-corrected chi connectivity index (χ0v) is 9.55. The predicted molar refractivity (Wildman–Crippen MR) is 58.0 cm³/mol. The smallest absolute Gasteiger partial charge is 0.156 e. The average molecular weight is 199 g/mol. The third-order valence-corrected chi connectivity index (χ3v) is 3.06. The van der Waals surface area contributed by atoms with Gasteiger partial charge < -0.3 is 9.47 Å². The first-order chi connectivity index (χ1) is 6.86. The summed E-state index contributed by atoms with van der Waals surface area (Å²) in [5.74, 6) is 1.77. The molecule has 0 N–H and O–H groups in total. The Morgan fingerprint density at radius 3 is 2.29 bits per heavy atom. The Morgan fingerprint density at radius 2 is 1.71 bits per heavy atom. The molecule has 0 unspecified atom stereocenters. The van der Waals surface area contributed by atoms with Crippen LogP contribution in [0.5, 0.6) is 0 Å². The highest BCUT2D eigenvalue weighted by Crippen LogP contribution is 2.29. The van der Waals surface area contributed by atoms with Gasteiger partial charge in [-0.15, -0.1) is 0 Å². The normalized spacial score (nSPS) is 19.1. The molecule has 1 aliphatic rings. The second-order valence-electron chi connectivity index (χ2n) is 4.10. The van der Waals surface area contributed by atoms with E-state index in [4.69, 9.17) is 9.47 Å². The summed E-state index contributed by atoms with van der Waals surface area (Å²) in [5, 5.41) is 0. The molecular weight excluding hydrogens is 176 g/mol. The van der Waals surface area contributed by atoms with E-state index in [0.29, 0.717) is 0 Å². The van der Waals surface area contributed by atoms with E-state index in [0.717, 1.165) is 6.42 Å². The van der Waals surface area contributed by atoms with Gasteiger partial charge in [0.1, 0.15) is 0 Å². The predicted octanol–water partition coefficient (Wildman–Crippen LogP) is 3.31. The molecule has 1 radical (unpaired) electrons. The van der Waals surface area contributed by atoms with Gasteiger partial charge in [-0.05, 0) is 38.0 Å². The molecule has 0 amide bonds. The van der Waals surface area contributed by atoms with Gasteiger partial charge in [0.25, 0.3) is 0 Å². The maximum atomic E-state index is 5.16. The van der Waals surface area contributed by atoms with Crippen LogP contribution in [0, 0.1) is 5.92 Å². The Morgan fingerprint density at radius 1 is 1.07 bits per heavy atom. The third kappa shape index (κ3) is 4.43. The Labute approximate surface area is 88.0 Å². The lowest BCUT2D eigenvalue weighted by Crippen LogP contribution is -2.13. The molecule has 0 aromatic rings. The van der Waals surface area contributed by atoms with Crippen molar-refractivity contribution < 1.29 is 9.47 Å². The minimum Gasteiger partial charge on any atom is -0.356 e. The summed E-state index contributed by atoms with van der Waals surface area (Å²) in [6, 6.07) is 0. The lowest BCUT2D eigenvalue weighted by Gasteiger charge is -2.21. The standard InChI is InChI=1S/C12H23O2/c1-13-12(14-2)10-6-9-11-7-4-3-5-8-11/h12H,3-10H2,1-2H3. The van der Waals surface area contributed by atoms with Gasteiger partial charge in [-0.3, -0.25) is 0 Å². The summed E-state index contributed by atoms with van der Waals surface area (Å²) in [7, 11) is 3.42.